The summed E-state index contributed by atoms with van der Waals surface area (Å²) in [5.41, 5.74) is 0.983. The van der Waals surface area contributed by atoms with Crippen LogP contribution in [-0.4, -0.2) is 36.1 Å². The van der Waals surface area contributed by atoms with Crippen LogP contribution in [0, 0.1) is 16.7 Å². The number of ether oxygens (including phenoxy) is 1. The normalized spacial score (nSPS) is 26.5. The Bertz CT molecular complexity index is 1210. The number of hydrogen-bond acceptors (Lipinski definition) is 5. The SMILES string of the molecule is CC1(C)[C@H]2CC[C@@]1(C)[C@H](NC(=O)COC(=O)c1cccc3c1C(=O)c1ccccc1C3=O)C2. The molecule has 0 aromatic heterocycles. The van der Waals surface area contributed by atoms with Crippen LogP contribution in [0.25, 0.3) is 0 Å². The van der Waals surface area contributed by atoms with Gasteiger partial charge in [0.2, 0.25) is 0 Å². The molecule has 5 rings (SSSR count). The van der Waals surface area contributed by atoms with E-state index in [-0.39, 0.29) is 50.8 Å². The van der Waals surface area contributed by atoms with E-state index in [0.29, 0.717) is 11.5 Å². The second-order valence-corrected chi connectivity index (χ2v) is 10.2. The first kappa shape index (κ1) is 21.6. The Morgan fingerprint density at radius 1 is 0.970 bits per heavy atom. The lowest BCUT2D eigenvalue weighted by atomic mass is 9.69. The van der Waals surface area contributed by atoms with Gasteiger partial charge >= 0.3 is 5.97 Å². The standard InChI is InChI=1S/C27H27NO5/c1-26(2)15-11-12-27(26,3)20(13-15)28-21(29)14-33-25(32)19-10-6-9-18-22(19)24(31)17-8-5-4-7-16(17)23(18)30/h4-10,15,20H,11-14H2,1-3H3,(H,28,29)/t15-,20+,27-/m0/s1. The first-order valence-corrected chi connectivity index (χ1v) is 11.4. The van der Waals surface area contributed by atoms with Gasteiger partial charge in [-0.3, -0.25) is 14.4 Å². The molecule has 33 heavy (non-hydrogen) atoms. The van der Waals surface area contributed by atoms with Gasteiger partial charge in [-0.25, -0.2) is 4.79 Å². The average molecular weight is 446 g/mol. The van der Waals surface area contributed by atoms with Crippen molar-refractivity contribution in [1.82, 2.24) is 5.32 Å². The lowest BCUT2D eigenvalue weighted by Gasteiger charge is -2.39. The molecule has 0 saturated heterocycles. The third-order valence-corrected chi connectivity index (χ3v) is 8.64. The summed E-state index contributed by atoms with van der Waals surface area (Å²) in [6.07, 6.45) is 3.19. The predicted molar refractivity (Wildman–Crippen MR) is 121 cm³/mol. The maximum absolute atomic E-state index is 13.1. The van der Waals surface area contributed by atoms with Crippen LogP contribution in [0.4, 0.5) is 0 Å². The fourth-order valence-electron chi connectivity index (χ4n) is 6.18. The molecule has 0 aliphatic heterocycles. The zero-order valence-corrected chi connectivity index (χ0v) is 19.1. The number of fused-ring (bicyclic) bond motifs is 4. The van der Waals surface area contributed by atoms with E-state index in [1.54, 1.807) is 30.3 Å². The van der Waals surface area contributed by atoms with Gasteiger partial charge in [-0.2, -0.15) is 0 Å². The van der Waals surface area contributed by atoms with E-state index in [0.717, 1.165) is 12.8 Å². The van der Waals surface area contributed by atoms with Crippen molar-refractivity contribution in [2.24, 2.45) is 16.7 Å². The Balaban J connectivity index is 1.31. The number of carbonyl (C=O) groups excluding carboxylic acids is 4. The van der Waals surface area contributed by atoms with Gasteiger partial charge in [0.05, 0.1) is 5.56 Å². The maximum Gasteiger partial charge on any atom is 0.339 e. The fourth-order valence-corrected chi connectivity index (χ4v) is 6.18. The molecule has 1 N–H and O–H groups in total. The highest BCUT2D eigenvalue weighted by atomic mass is 16.5. The molecule has 3 aliphatic carbocycles. The zero-order valence-electron chi connectivity index (χ0n) is 19.1. The molecule has 0 spiro atoms. The van der Waals surface area contributed by atoms with Crippen molar-refractivity contribution < 1.29 is 23.9 Å². The summed E-state index contributed by atoms with van der Waals surface area (Å²) >= 11 is 0. The highest BCUT2D eigenvalue weighted by Crippen LogP contribution is 2.65. The molecule has 0 radical (unpaired) electrons. The van der Waals surface area contributed by atoms with Gasteiger partial charge in [0.15, 0.2) is 18.2 Å². The molecule has 2 aromatic carbocycles. The highest BCUT2D eigenvalue weighted by molar-refractivity contribution is 6.30. The third kappa shape index (κ3) is 3.07. The predicted octanol–water partition coefficient (Wildman–Crippen LogP) is 3.95. The van der Waals surface area contributed by atoms with Crippen molar-refractivity contribution in [2.75, 3.05) is 6.61 Å². The highest BCUT2D eigenvalue weighted by Gasteiger charge is 2.61. The molecule has 0 unspecified atom stereocenters. The van der Waals surface area contributed by atoms with E-state index in [4.69, 9.17) is 4.74 Å². The lowest BCUT2D eigenvalue weighted by Crippen LogP contribution is -2.48. The summed E-state index contributed by atoms with van der Waals surface area (Å²) in [4.78, 5) is 51.4. The lowest BCUT2D eigenvalue weighted by molar-refractivity contribution is -0.126. The van der Waals surface area contributed by atoms with Gasteiger partial charge in [0.1, 0.15) is 0 Å². The van der Waals surface area contributed by atoms with Crippen LogP contribution in [0.15, 0.2) is 42.5 Å². The Hall–Kier alpha value is -3.28. The van der Waals surface area contributed by atoms with Crippen LogP contribution in [0.5, 0.6) is 0 Å². The van der Waals surface area contributed by atoms with Crippen LogP contribution in [0.1, 0.15) is 82.2 Å². The molecule has 2 aromatic rings. The van der Waals surface area contributed by atoms with E-state index in [1.165, 1.54) is 18.6 Å². The summed E-state index contributed by atoms with van der Waals surface area (Å²) in [6.45, 7) is 6.34. The molecule has 3 aliphatic rings. The van der Waals surface area contributed by atoms with Crippen LogP contribution < -0.4 is 5.32 Å². The van der Waals surface area contributed by atoms with Gasteiger partial charge in [0.25, 0.3) is 5.91 Å². The molecule has 3 atom stereocenters. The van der Waals surface area contributed by atoms with Crippen molar-refractivity contribution in [2.45, 2.75) is 46.1 Å². The first-order chi connectivity index (χ1) is 15.6. The number of nitrogens with one attached hydrogen (secondary N) is 1. The molecule has 6 heteroatoms. The molecule has 2 saturated carbocycles. The number of esters is 1. The molecule has 2 bridgehead atoms. The maximum atomic E-state index is 13.1. The largest absolute Gasteiger partial charge is 0.452 e. The molecule has 0 heterocycles. The summed E-state index contributed by atoms with van der Waals surface area (Å²) < 4.78 is 5.29. The second kappa shape index (κ2) is 7.37. The Labute approximate surface area is 192 Å². The van der Waals surface area contributed by atoms with Crippen LogP contribution in [0.3, 0.4) is 0 Å². The van der Waals surface area contributed by atoms with E-state index in [1.807, 2.05) is 0 Å². The Morgan fingerprint density at radius 3 is 2.27 bits per heavy atom. The molecular formula is C27H27NO5. The van der Waals surface area contributed by atoms with Gasteiger partial charge in [-0.15, -0.1) is 0 Å². The monoisotopic (exact) mass is 445 g/mol. The summed E-state index contributed by atoms with van der Waals surface area (Å²) in [5.74, 6) is -1.26. The Kier molecular flexibility index (Phi) is 4.82. The summed E-state index contributed by atoms with van der Waals surface area (Å²) in [6, 6.07) is 11.1. The van der Waals surface area contributed by atoms with Crippen LogP contribution >= 0.6 is 0 Å². The van der Waals surface area contributed by atoms with Gasteiger partial charge in [-0.05, 0) is 42.1 Å². The Morgan fingerprint density at radius 2 is 1.64 bits per heavy atom. The summed E-state index contributed by atoms with van der Waals surface area (Å²) in [7, 11) is 0. The van der Waals surface area contributed by atoms with Crippen LogP contribution in [0.2, 0.25) is 0 Å². The molecular weight excluding hydrogens is 418 g/mol. The average Bonchev–Trinajstić information content (AvgIpc) is 3.14. The number of carbonyl (C=O) groups is 4. The number of ketones is 2. The fraction of sp³-hybridized carbons (Fsp3) is 0.407. The third-order valence-electron chi connectivity index (χ3n) is 8.64. The number of rotatable bonds is 4. The molecule has 170 valence electrons. The smallest absolute Gasteiger partial charge is 0.339 e. The van der Waals surface area contributed by atoms with Gasteiger partial charge in [0, 0.05) is 28.3 Å². The van der Waals surface area contributed by atoms with Crippen molar-refractivity contribution in [3.8, 4) is 0 Å². The van der Waals surface area contributed by atoms with E-state index < -0.39 is 18.4 Å². The minimum Gasteiger partial charge on any atom is -0.452 e. The number of benzene rings is 2. The minimum absolute atomic E-state index is 0.00108. The second-order valence-electron chi connectivity index (χ2n) is 10.2. The van der Waals surface area contributed by atoms with Crippen LogP contribution in [-0.2, 0) is 9.53 Å². The number of hydrogen-bond donors (Lipinski definition) is 1. The summed E-state index contributed by atoms with van der Waals surface area (Å²) in [5, 5.41) is 3.07. The van der Waals surface area contributed by atoms with Gasteiger partial charge < -0.3 is 10.1 Å². The van der Waals surface area contributed by atoms with Crippen molar-refractivity contribution in [1.29, 1.82) is 0 Å². The topological polar surface area (TPSA) is 89.5 Å². The molecule has 2 fully saturated rings. The van der Waals surface area contributed by atoms with Gasteiger partial charge in [-0.1, -0.05) is 57.2 Å². The van der Waals surface area contributed by atoms with Crippen molar-refractivity contribution in [3.05, 3.63) is 70.3 Å². The first-order valence-electron chi connectivity index (χ1n) is 11.4. The van der Waals surface area contributed by atoms with E-state index >= 15 is 0 Å². The number of amides is 1. The van der Waals surface area contributed by atoms with E-state index in [2.05, 4.69) is 26.1 Å². The van der Waals surface area contributed by atoms with E-state index in [9.17, 15) is 19.2 Å². The van der Waals surface area contributed by atoms with Crippen molar-refractivity contribution >= 4 is 23.4 Å². The molecule has 1 amide bonds. The minimum atomic E-state index is -0.790. The van der Waals surface area contributed by atoms with Crippen molar-refractivity contribution in [3.63, 3.8) is 0 Å². The zero-order chi connectivity index (χ0) is 23.5. The molecule has 6 nitrogen and oxygen atoms in total. The quantitative estimate of drug-likeness (QED) is 0.614.